The summed E-state index contributed by atoms with van der Waals surface area (Å²) < 4.78 is 0. The summed E-state index contributed by atoms with van der Waals surface area (Å²) in [6, 6.07) is 11.1. The summed E-state index contributed by atoms with van der Waals surface area (Å²) in [6.07, 6.45) is 3.07. The number of hydrogen-bond donors (Lipinski definition) is 0. The van der Waals surface area contributed by atoms with Crippen LogP contribution in [-0.4, -0.2) is 10.8 Å². The number of aromatic nitrogens is 1. The van der Waals surface area contributed by atoms with E-state index in [1.807, 2.05) is 12.1 Å². The molecule has 0 saturated heterocycles. The molecule has 3 heteroatoms. The van der Waals surface area contributed by atoms with E-state index >= 15 is 0 Å². The van der Waals surface area contributed by atoms with E-state index in [4.69, 9.17) is 5.26 Å². The van der Waals surface area contributed by atoms with E-state index in [1.54, 1.807) is 24.4 Å². The topological polar surface area (TPSA) is 53.8 Å². The Morgan fingerprint density at radius 2 is 1.83 bits per heavy atom. The highest BCUT2D eigenvalue weighted by Crippen LogP contribution is 2.33. The van der Waals surface area contributed by atoms with Crippen molar-refractivity contribution in [3.63, 3.8) is 0 Å². The third-order valence-electron chi connectivity index (χ3n) is 3.90. The van der Waals surface area contributed by atoms with Crippen LogP contribution >= 0.6 is 0 Å². The molecule has 0 unspecified atom stereocenters. The van der Waals surface area contributed by atoms with Crippen LogP contribution in [-0.2, 0) is 6.42 Å². The van der Waals surface area contributed by atoms with Crippen molar-refractivity contribution in [1.82, 2.24) is 4.98 Å². The number of pyridine rings is 1. The van der Waals surface area contributed by atoms with Gasteiger partial charge >= 0.3 is 0 Å². The minimum atomic E-state index is -0.0258. The van der Waals surface area contributed by atoms with Crippen molar-refractivity contribution < 1.29 is 4.79 Å². The maximum absolute atomic E-state index is 12.3. The van der Waals surface area contributed by atoms with Crippen LogP contribution in [0.5, 0.6) is 0 Å². The van der Waals surface area contributed by atoms with Gasteiger partial charge in [0.2, 0.25) is 0 Å². The van der Waals surface area contributed by atoms with Crippen molar-refractivity contribution in [2.45, 2.75) is 26.7 Å². The van der Waals surface area contributed by atoms with E-state index < -0.39 is 0 Å². The molecule has 0 saturated carbocycles. The highest BCUT2D eigenvalue weighted by atomic mass is 16.1. The van der Waals surface area contributed by atoms with Crippen LogP contribution in [0.15, 0.2) is 36.5 Å². The second-order valence-corrected chi connectivity index (χ2v) is 6.60. The molecule has 2 aromatic rings. The van der Waals surface area contributed by atoms with E-state index in [0.29, 0.717) is 17.5 Å². The average molecular weight is 300 g/mol. The van der Waals surface area contributed by atoms with Crippen molar-refractivity contribution in [3.05, 3.63) is 64.5 Å². The standard InChI is InChI=1S/C20H16N2O/c1-20(2)10-18-17(19(23)11-20)9-16(13-22-18)7-6-14-4-3-5-15(8-14)12-21/h3-5,8-9,13H,10-11H2,1-2H3. The number of Topliss-reactive ketones (excluding diaryl/α,β-unsaturated/α-hetero) is 1. The summed E-state index contributed by atoms with van der Waals surface area (Å²) in [4.78, 5) is 16.7. The number of fused-ring (bicyclic) bond motifs is 1. The Labute approximate surface area is 136 Å². The molecule has 0 radical (unpaired) electrons. The number of nitriles is 1. The van der Waals surface area contributed by atoms with Crippen LogP contribution in [0.25, 0.3) is 0 Å². The summed E-state index contributed by atoms with van der Waals surface area (Å²) in [5, 5.41) is 8.91. The van der Waals surface area contributed by atoms with Crippen molar-refractivity contribution in [3.8, 4) is 17.9 Å². The number of benzene rings is 1. The van der Waals surface area contributed by atoms with Gasteiger partial charge in [0.15, 0.2) is 5.78 Å². The molecule has 23 heavy (non-hydrogen) atoms. The van der Waals surface area contributed by atoms with Crippen LogP contribution in [0.4, 0.5) is 0 Å². The molecule has 1 aromatic heterocycles. The van der Waals surface area contributed by atoms with E-state index in [0.717, 1.165) is 23.2 Å². The Bertz CT molecular complexity index is 892. The summed E-state index contributed by atoms with van der Waals surface area (Å²) >= 11 is 0. The van der Waals surface area contributed by atoms with Crippen LogP contribution in [0.2, 0.25) is 0 Å². The number of carbonyl (C=O) groups excluding carboxylic acids is 1. The molecule has 3 nitrogen and oxygen atoms in total. The number of nitrogens with zero attached hydrogens (tertiary/aromatic N) is 2. The molecule has 0 aliphatic heterocycles. The minimum Gasteiger partial charge on any atom is -0.294 e. The highest BCUT2D eigenvalue weighted by Gasteiger charge is 2.31. The van der Waals surface area contributed by atoms with Gasteiger partial charge in [-0.3, -0.25) is 9.78 Å². The van der Waals surface area contributed by atoms with E-state index in [2.05, 4.69) is 36.7 Å². The second-order valence-electron chi connectivity index (χ2n) is 6.60. The smallest absolute Gasteiger partial charge is 0.165 e. The molecule has 0 N–H and O–H groups in total. The van der Waals surface area contributed by atoms with Gasteiger partial charge in [0.05, 0.1) is 17.3 Å². The van der Waals surface area contributed by atoms with Crippen LogP contribution in [0, 0.1) is 28.6 Å². The molecule has 1 aromatic carbocycles. The largest absolute Gasteiger partial charge is 0.294 e. The van der Waals surface area contributed by atoms with Crippen molar-refractivity contribution in [2.75, 3.05) is 0 Å². The summed E-state index contributed by atoms with van der Waals surface area (Å²) in [5.41, 5.74) is 3.61. The van der Waals surface area contributed by atoms with Gasteiger partial charge in [-0.25, -0.2) is 0 Å². The Balaban J connectivity index is 1.92. The molecule has 1 aliphatic carbocycles. The van der Waals surface area contributed by atoms with E-state index in [-0.39, 0.29) is 11.2 Å². The number of rotatable bonds is 0. The maximum Gasteiger partial charge on any atom is 0.165 e. The zero-order chi connectivity index (χ0) is 16.4. The molecule has 1 aliphatic rings. The lowest BCUT2D eigenvalue weighted by Crippen LogP contribution is -2.27. The van der Waals surface area contributed by atoms with Gasteiger partial charge in [0, 0.05) is 29.3 Å². The van der Waals surface area contributed by atoms with Crippen LogP contribution in [0.1, 0.15) is 53.0 Å². The maximum atomic E-state index is 12.3. The van der Waals surface area contributed by atoms with Gasteiger partial charge in [-0.2, -0.15) is 5.26 Å². The minimum absolute atomic E-state index is 0.0258. The lowest BCUT2D eigenvalue weighted by molar-refractivity contribution is 0.0910. The van der Waals surface area contributed by atoms with Crippen molar-refractivity contribution >= 4 is 5.78 Å². The molecule has 0 amide bonds. The zero-order valence-corrected chi connectivity index (χ0v) is 13.2. The molecular formula is C20H16N2O. The van der Waals surface area contributed by atoms with Gasteiger partial charge in [0.25, 0.3) is 0 Å². The molecule has 1 heterocycles. The first-order chi connectivity index (χ1) is 11.0. The fraction of sp³-hybridized carbons (Fsp3) is 0.250. The van der Waals surface area contributed by atoms with Gasteiger partial charge in [-0.15, -0.1) is 0 Å². The summed E-state index contributed by atoms with van der Waals surface area (Å²) in [6.45, 7) is 4.18. The molecule has 0 bridgehead atoms. The highest BCUT2D eigenvalue weighted by molar-refractivity contribution is 5.98. The summed E-state index contributed by atoms with van der Waals surface area (Å²) in [5.74, 6) is 6.19. The lowest BCUT2D eigenvalue weighted by atomic mass is 9.75. The fourth-order valence-corrected chi connectivity index (χ4v) is 2.80. The number of ketones is 1. The molecule has 112 valence electrons. The second kappa shape index (κ2) is 5.71. The van der Waals surface area contributed by atoms with Crippen LogP contribution < -0.4 is 0 Å². The molecule has 0 spiro atoms. The molecule has 0 fully saturated rings. The van der Waals surface area contributed by atoms with Crippen molar-refractivity contribution in [2.24, 2.45) is 5.41 Å². The van der Waals surface area contributed by atoms with E-state index in [9.17, 15) is 4.79 Å². The monoisotopic (exact) mass is 300 g/mol. The third-order valence-corrected chi connectivity index (χ3v) is 3.90. The van der Waals surface area contributed by atoms with Gasteiger partial charge in [0.1, 0.15) is 0 Å². The first-order valence-corrected chi connectivity index (χ1v) is 7.51. The Kier molecular flexibility index (Phi) is 3.72. The van der Waals surface area contributed by atoms with Gasteiger partial charge in [-0.05, 0) is 36.1 Å². The van der Waals surface area contributed by atoms with Crippen LogP contribution in [0.3, 0.4) is 0 Å². The summed E-state index contributed by atoms with van der Waals surface area (Å²) in [7, 11) is 0. The molecule has 3 rings (SSSR count). The molecule has 0 atom stereocenters. The molecular weight excluding hydrogens is 284 g/mol. The zero-order valence-electron chi connectivity index (χ0n) is 13.2. The Morgan fingerprint density at radius 3 is 2.61 bits per heavy atom. The average Bonchev–Trinajstić information content (AvgIpc) is 2.52. The van der Waals surface area contributed by atoms with Gasteiger partial charge in [-0.1, -0.05) is 31.8 Å². The number of carbonyl (C=O) groups is 1. The predicted octanol–water partition coefficient (Wildman–Crippen LogP) is 3.51. The predicted molar refractivity (Wildman–Crippen MR) is 87.8 cm³/mol. The van der Waals surface area contributed by atoms with Crippen molar-refractivity contribution in [1.29, 1.82) is 5.26 Å². The third kappa shape index (κ3) is 3.30. The normalized spacial score (nSPS) is 15.1. The Morgan fingerprint density at radius 1 is 1.09 bits per heavy atom. The lowest BCUT2D eigenvalue weighted by Gasteiger charge is -2.29. The SMILES string of the molecule is CC1(C)CC(=O)c2cc(C#Cc3cccc(C#N)c3)cnc2C1. The number of hydrogen-bond acceptors (Lipinski definition) is 3. The first kappa shape index (κ1) is 15.0. The Hall–Kier alpha value is -2.91. The van der Waals surface area contributed by atoms with E-state index in [1.165, 1.54) is 0 Å². The quantitative estimate of drug-likeness (QED) is 0.700. The first-order valence-electron chi connectivity index (χ1n) is 7.51. The van der Waals surface area contributed by atoms with Gasteiger partial charge < -0.3 is 0 Å². The fourth-order valence-electron chi connectivity index (χ4n) is 2.80.